The maximum absolute atomic E-state index is 6.55. The molecule has 0 aromatic heterocycles. The molecular formula is C6H13N3O. The predicted molar refractivity (Wildman–Crippen MR) is 41.7 cm³/mol. The number of nitrogens with one attached hydrogen (secondary N) is 2. The van der Waals surface area contributed by atoms with E-state index < -0.39 is 0 Å². The first-order chi connectivity index (χ1) is 4.81. The minimum absolute atomic E-state index is 0.244. The number of nitrogens with zero attached hydrogens (tertiary/aromatic N) is 1. The standard InChI is InChI=1S/C6H13N3O/c1-6(3-10-2)9-5-8-4-7/h4-6H,3H2,1-2H3,(H2,7,8,9)/t6-/m1/s1. The summed E-state index contributed by atoms with van der Waals surface area (Å²) in [5, 5.41) is 9.47. The van der Waals surface area contributed by atoms with Crippen molar-refractivity contribution in [1.29, 1.82) is 5.41 Å². The second-order valence-electron chi connectivity index (χ2n) is 1.93. The van der Waals surface area contributed by atoms with Gasteiger partial charge in [0.05, 0.1) is 12.9 Å². The largest absolute Gasteiger partial charge is 0.383 e. The molecule has 0 aliphatic carbocycles. The average Bonchev–Trinajstić information content (AvgIpc) is 1.89. The van der Waals surface area contributed by atoms with Crippen molar-refractivity contribution in [2.45, 2.75) is 13.0 Å². The second-order valence-corrected chi connectivity index (χ2v) is 1.93. The van der Waals surface area contributed by atoms with Crippen LogP contribution >= 0.6 is 0 Å². The Morgan fingerprint density at radius 1 is 1.80 bits per heavy atom. The van der Waals surface area contributed by atoms with E-state index in [4.69, 9.17) is 10.1 Å². The summed E-state index contributed by atoms with van der Waals surface area (Å²) in [5.74, 6) is 0. The molecule has 0 aromatic rings. The molecule has 0 saturated carbocycles. The van der Waals surface area contributed by atoms with Crippen LogP contribution in [0.15, 0.2) is 4.99 Å². The number of aliphatic imine (C=N–C) groups is 1. The third kappa shape index (κ3) is 5.24. The third-order valence-electron chi connectivity index (χ3n) is 0.925. The summed E-state index contributed by atoms with van der Waals surface area (Å²) in [7, 11) is 1.64. The van der Waals surface area contributed by atoms with Crippen LogP contribution in [0.4, 0.5) is 0 Å². The van der Waals surface area contributed by atoms with Crippen LogP contribution in [0.25, 0.3) is 0 Å². The van der Waals surface area contributed by atoms with Crippen LogP contribution in [-0.2, 0) is 4.74 Å². The molecule has 2 N–H and O–H groups in total. The Balaban J connectivity index is 3.28. The molecule has 1 atom stereocenters. The third-order valence-corrected chi connectivity index (χ3v) is 0.925. The molecule has 0 bridgehead atoms. The lowest BCUT2D eigenvalue weighted by atomic mass is 10.4. The summed E-state index contributed by atoms with van der Waals surface area (Å²) in [6.45, 7) is 2.61. The summed E-state index contributed by atoms with van der Waals surface area (Å²) in [6.07, 6.45) is 2.46. The summed E-state index contributed by atoms with van der Waals surface area (Å²) in [4.78, 5) is 3.54. The van der Waals surface area contributed by atoms with E-state index in [-0.39, 0.29) is 6.04 Å². The van der Waals surface area contributed by atoms with Crippen molar-refractivity contribution in [1.82, 2.24) is 5.32 Å². The van der Waals surface area contributed by atoms with Crippen LogP contribution in [-0.4, -0.2) is 32.4 Å². The van der Waals surface area contributed by atoms with Gasteiger partial charge in [0.15, 0.2) is 0 Å². The number of ether oxygens (including phenoxy) is 1. The molecule has 0 heterocycles. The van der Waals surface area contributed by atoms with Gasteiger partial charge in [0.2, 0.25) is 0 Å². The molecule has 4 heteroatoms. The molecule has 0 aromatic carbocycles. The molecule has 0 spiro atoms. The summed E-state index contributed by atoms with van der Waals surface area (Å²) in [5.41, 5.74) is 0. The lowest BCUT2D eigenvalue weighted by molar-refractivity contribution is 0.180. The van der Waals surface area contributed by atoms with E-state index in [1.165, 1.54) is 6.34 Å². The van der Waals surface area contributed by atoms with Gasteiger partial charge in [0.1, 0.15) is 6.34 Å². The zero-order chi connectivity index (χ0) is 7.82. The van der Waals surface area contributed by atoms with E-state index >= 15 is 0 Å². The minimum atomic E-state index is 0.244. The number of rotatable bonds is 5. The monoisotopic (exact) mass is 143 g/mol. The van der Waals surface area contributed by atoms with Crippen molar-refractivity contribution >= 4 is 12.7 Å². The molecule has 58 valence electrons. The Bertz CT molecular complexity index is 114. The van der Waals surface area contributed by atoms with Gasteiger partial charge in [-0.3, -0.25) is 5.41 Å². The molecule has 0 radical (unpaired) electrons. The second kappa shape index (κ2) is 6.22. The maximum atomic E-state index is 6.55. The molecule has 4 nitrogen and oxygen atoms in total. The van der Waals surface area contributed by atoms with E-state index in [2.05, 4.69) is 10.3 Å². The van der Waals surface area contributed by atoms with Crippen LogP contribution in [0.5, 0.6) is 0 Å². The highest BCUT2D eigenvalue weighted by atomic mass is 16.5. The Hall–Kier alpha value is -0.900. The fourth-order valence-corrected chi connectivity index (χ4v) is 0.506. The van der Waals surface area contributed by atoms with Gasteiger partial charge in [-0.2, -0.15) is 0 Å². The molecule has 0 saturated heterocycles. The molecule has 0 aliphatic heterocycles. The van der Waals surface area contributed by atoms with Crippen molar-refractivity contribution < 1.29 is 4.74 Å². The van der Waals surface area contributed by atoms with Gasteiger partial charge in [-0.05, 0) is 6.92 Å². The minimum Gasteiger partial charge on any atom is -0.383 e. The fraction of sp³-hybridized carbons (Fsp3) is 0.667. The molecule has 0 amide bonds. The predicted octanol–water partition coefficient (Wildman–Crippen LogP) is 0.246. The van der Waals surface area contributed by atoms with Gasteiger partial charge in [0.25, 0.3) is 0 Å². The maximum Gasteiger partial charge on any atom is 0.108 e. The van der Waals surface area contributed by atoms with E-state index in [1.807, 2.05) is 6.92 Å². The first-order valence-electron chi connectivity index (χ1n) is 3.06. The molecular weight excluding hydrogens is 130 g/mol. The number of methoxy groups -OCH3 is 1. The lowest BCUT2D eigenvalue weighted by Gasteiger charge is -2.07. The summed E-state index contributed by atoms with van der Waals surface area (Å²) >= 11 is 0. The van der Waals surface area contributed by atoms with E-state index in [9.17, 15) is 0 Å². The van der Waals surface area contributed by atoms with Crippen LogP contribution < -0.4 is 5.32 Å². The zero-order valence-corrected chi connectivity index (χ0v) is 6.29. The van der Waals surface area contributed by atoms with Gasteiger partial charge >= 0.3 is 0 Å². The molecule has 10 heavy (non-hydrogen) atoms. The molecule has 0 aliphatic rings. The normalized spacial score (nSPS) is 13.4. The van der Waals surface area contributed by atoms with E-state index in [1.54, 1.807) is 7.11 Å². The Morgan fingerprint density at radius 2 is 2.50 bits per heavy atom. The van der Waals surface area contributed by atoms with Gasteiger partial charge in [-0.25, -0.2) is 4.99 Å². The highest BCUT2D eigenvalue weighted by Crippen LogP contribution is 1.78. The first-order valence-corrected chi connectivity index (χ1v) is 3.06. The van der Waals surface area contributed by atoms with Crippen LogP contribution in [0.2, 0.25) is 0 Å². The van der Waals surface area contributed by atoms with Gasteiger partial charge < -0.3 is 10.1 Å². The van der Waals surface area contributed by atoms with Crippen molar-refractivity contribution in [3.05, 3.63) is 0 Å². The van der Waals surface area contributed by atoms with Crippen LogP contribution in [0, 0.1) is 5.41 Å². The van der Waals surface area contributed by atoms with Crippen molar-refractivity contribution in [2.24, 2.45) is 4.99 Å². The Labute approximate surface area is 60.8 Å². The summed E-state index contributed by atoms with van der Waals surface area (Å²) < 4.78 is 4.85. The smallest absolute Gasteiger partial charge is 0.108 e. The number of hydrogen-bond donors (Lipinski definition) is 2. The van der Waals surface area contributed by atoms with Crippen molar-refractivity contribution in [2.75, 3.05) is 13.7 Å². The topological polar surface area (TPSA) is 57.5 Å². The highest BCUT2D eigenvalue weighted by Gasteiger charge is 1.93. The fourth-order valence-electron chi connectivity index (χ4n) is 0.506. The van der Waals surface area contributed by atoms with E-state index in [0.29, 0.717) is 6.61 Å². The van der Waals surface area contributed by atoms with Gasteiger partial charge in [0, 0.05) is 13.2 Å². The van der Waals surface area contributed by atoms with Crippen LogP contribution in [0.3, 0.4) is 0 Å². The van der Waals surface area contributed by atoms with Crippen molar-refractivity contribution in [3.8, 4) is 0 Å². The summed E-state index contributed by atoms with van der Waals surface area (Å²) in [6, 6.07) is 0.244. The van der Waals surface area contributed by atoms with Crippen molar-refractivity contribution in [3.63, 3.8) is 0 Å². The zero-order valence-electron chi connectivity index (χ0n) is 6.29. The molecule has 0 fully saturated rings. The quantitative estimate of drug-likeness (QED) is 0.428. The van der Waals surface area contributed by atoms with Gasteiger partial charge in [-0.1, -0.05) is 0 Å². The average molecular weight is 143 g/mol. The lowest BCUT2D eigenvalue weighted by Crippen LogP contribution is -2.28. The van der Waals surface area contributed by atoms with E-state index in [0.717, 1.165) is 6.34 Å². The highest BCUT2D eigenvalue weighted by molar-refractivity contribution is 5.68. The first kappa shape index (κ1) is 9.10. The molecule has 0 unspecified atom stereocenters. The van der Waals surface area contributed by atoms with Crippen LogP contribution in [0.1, 0.15) is 6.92 Å². The SMILES string of the molecule is COC[C@@H](C)N/C=N/C=N. The Kier molecular flexibility index (Phi) is 5.66. The number of hydrogen-bond acceptors (Lipinski definition) is 2. The Morgan fingerprint density at radius 3 is 3.00 bits per heavy atom. The van der Waals surface area contributed by atoms with Gasteiger partial charge in [-0.15, -0.1) is 0 Å². The molecule has 0 rings (SSSR count).